The van der Waals surface area contributed by atoms with E-state index in [1.807, 2.05) is 35.4 Å². The van der Waals surface area contributed by atoms with E-state index in [9.17, 15) is 0 Å². The molecule has 100 valence electrons. The first kappa shape index (κ1) is 12.3. The van der Waals surface area contributed by atoms with Gasteiger partial charge in [0.15, 0.2) is 0 Å². The van der Waals surface area contributed by atoms with Crippen molar-refractivity contribution < 1.29 is 0 Å². The summed E-state index contributed by atoms with van der Waals surface area (Å²) in [5.74, 6) is 0.904. The van der Waals surface area contributed by atoms with Crippen LogP contribution in [0.3, 0.4) is 0 Å². The molecule has 0 saturated heterocycles. The van der Waals surface area contributed by atoms with Crippen LogP contribution >= 0.6 is 0 Å². The topological polar surface area (TPSA) is 55.6 Å². The quantitative estimate of drug-likeness (QED) is 0.815. The summed E-state index contributed by atoms with van der Waals surface area (Å²) in [5, 5.41) is 11.8. The summed E-state index contributed by atoms with van der Waals surface area (Å²) in [6, 6.07) is 4.07. The fourth-order valence-electron chi connectivity index (χ4n) is 2.05. The van der Waals surface area contributed by atoms with Gasteiger partial charge in [-0.05, 0) is 49.4 Å². The molecule has 1 fully saturated rings. The standard InChI is InChI=1S/C14H19N5/c1-2-13(1)9-16-10-14-11-19(18-17-14)8-5-12-3-6-15-7-4-12/h3-4,6-7,11,13,16H,1-2,5,8-10H2. The van der Waals surface area contributed by atoms with Gasteiger partial charge in [-0.25, -0.2) is 0 Å². The van der Waals surface area contributed by atoms with Crippen LogP contribution in [0.15, 0.2) is 30.7 Å². The van der Waals surface area contributed by atoms with E-state index in [2.05, 4.69) is 20.6 Å². The van der Waals surface area contributed by atoms with Gasteiger partial charge in [-0.1, -0.05) is 5.21 Å². The minimum absolute atomic E-state index is 0.825. The molecule has 0 atom stereocenters. The lowest BCUT2D eigenvalue weighted by Crippen LogP contribution is -2.16. The van der Waals surface area contributed by atoms with Crippen LogP contribution in [0.1, 0.15) is 24.1 Å². The van der Waals surface area contributed by atoms with E-state index in [-0.39, 0.29) is 0 Å². The zero-order valence-corrected chi connectivity index (χ0v) is 11.0. The smallest absolute Gasteiger partial charge is 0.0964 e. The number of hydrogen-bond donors (Lipinski definition) is 1. The van der Waals surface area contributed by atoms with Crippen LogP contribution in [0, 0.1) is 5.92 Å². The Morgan fingerprint density at radius 3 is 2.89 bits per heavy atom. The van der Waals surface area contributed by atoms with Gasteiger partial charge >= 0.3 is 0 Å². The SMILES string of the molecule is c1cc(CCn2cc(CNCC3CC3)nn2)ccn1. The minimum atomic E-state index is 0.825. The van der Waals surface area contributed by atoms with Crippen molar-refractivity contribution in [1.82, 2.24) is 25.3 Å². The first-order chi connectivity index (χ1) is 9.40. The Kier molecular flexibility index (Phi) is 3.83. The van der Waals surface area contributed by atoms with E-state index in [1.165, 1.54) is 18.4 Å². The Hall–Kier alpha value is -1.75. The summed E-state index contributed by atoms with van der Waals surface area (Å²) in [6.45, 7) is 2.80. The van der Waals surface area contributed by atoms with Gasteiger partial charge in [-0.2, -0.15) is 0 Å². The maximum atomic E-state index is 4.18. The van der Waals surface area contributed by atoms with Crippen molar-refractivity contribution in [1.29, 1.82) is 0 Å². The minimum Gasteiger partial charge on any atom is -0.311 e. The zero-order chi connectivity index (χ0) is 12.9. The Morgan fingerprint density at radius 1 is 1.26 bits per heavy atom. The van der Waals surface area contributed by atoms with Crippen LogP contribution in [0.4, 0.5) is 0 Å². The molecule has 0 aromatic carbocycles. The van der Waals surface area contributed by atoms with Crippen molar-refractivity contribution in [3.05, 3.63) is 42.0 Å². The number of nitrogens with one attached hydrogen (secondary N) is 1. The molecule has 0 spiro atoms. The molecule has 0 radical (unpaired) electrons. The van der Waals surface area contributed by atoms with Gasteiger partial charge in [0.05, 0.1) is 5.69 Å². The Labute approximate surface area is 113 Å². The maximum absolute atomic E-state index is 4.18. The summed E-state index contributed by atoms with van der Waals surface area (Å²) in [7, 11) is 0. The summed E-state index contributed by atoms with van der Waals surface area (Å²) < 4.78 is 1.91. The lowest BCUT2D eigenvalue weighted by molar-refractivity contribution is 0.588. The molecule has 0 amide bonds. The fourth-order valence-corrected chi connectivity index (χ4v) is 2.05. The van der Waals surface area contributed by atoms with Gasteiger partial charge in [0.1, 0.15) is 0 Å². The van der Waals surface area contributed by atoms with Gasteiger partial charge in [-0.15, -0.1) is 5.10 Å². The highest BCUT2D eigenvalue weighted by Gasteiger charge is 2.20. The van der Waals surface area contributed by atoms with E-state index < -0.39 is 0 Å². The number of nitrogens with zero attached hydrogens (tertiary/aromatic N) is 4. The van der Waals surface area contributed by atoms with Gasteiger partial charge in [0.2, 0.25) is 0 Å². The van der Waals surface area contributed by atoms with Crippen LogP contribution < -0.4 is 5.32 Å². The van der Waals surface area contributed by atoms with Crippen LogP contribution in [0.5, 0.6) is 0 Å². The monoisotopic (exact) mass is 257 g/mol. The van der Waals surface area contributed by atoms with Crippen LogP contribution in [0.25, 0.3) is 0 Å². The second kappa shape index (κ2) is 5.93. The summed E-state index contributed by atoms with van der Waals surface area (Å²) >= 11 is 0. The van der Waals surface area contributed by atoms with Crippen molar-refractivity contribution in [2.45, 2.75) is 32.4 Å². The average molecular weight is 257 g/mol. The Morgan fingerprint density at radius 2 is 2.11 bits per heavy atom. The molecule has 1 saturated carbocycles. The molecule has 1 N–H and O–H groups in total. The van der Waals surface area contributed by atoms with Gasteiger partial charge in [0.25, 0.3) is 0 Å². The molecule has 5 nitrogen and oxygen atoms in total. The highest BCUT2D eigenvalue weighted by Crippen LogP contribution is 2.27. The number of hydrogen-bond acceptors (Lipinski definition) is 4. The normalized spacial score (nSPS) is 14.7. The van der Waals surface area contributed by atoms with Crippen molar-refractivity contribution in [2.75, 3.05) is 6.54 Å². The number of aromatic nitrogens is 4. The molecule has 0 aliphatic heterocycles. The van der Waals surface area contributed by atoms with E-state index in [0.29, 0.717) is 0 Å². The molecule has 2 heterocycles. The first-order valence-corrected chi connectivity index (χ1v) is 6.89. The molecule has 3 rings (SSSR count). The molecular weight excluding hydrogens is 238 g/mol. The largest absolute Gasteiger partial charge is 0.311 e. The molecule has 0 bridgehead atoms. The second-order valence-electron chi connectivity index (χ2n) is 5.15. The Bertz CT molecular complexity index is 504. The number of pyridine rings is 1. The van der Waals surface area contributed by atoms with Crippen LogP contribution in [-0.2, 0) is 19.5 Å². The molecule has 0 unspecified atom stereocenters. The third-order valence-corrected chi connectivity index (χ3v) is 3.40. The van der Waals surface area contributed by atoms with Crippen molar-refractivity contribution in [2.24, 2.45) is 5.92 Å². The highest BCUT2D eigenvalue weighted by molar-refractivity contribution is 5.09. The third kappa shape index (κ3) is 3.86. The maximum Gasteiger partial charge on any atom is 0.0964 e. The van der Waals surface area contributed by atoms with Crippen molar-refractivity contribution >= 4 is 0 Å². The van der Waals surface area contributed by atoms with Crippen molar-refractivity contribution in [3.63, 3.8) is 0 Å². The summed E-state index contributed by atoms with van der Waals surface area (Å²) in [5.41, 5.74) is 2.30. The van der Waals surface area contributed by atoms with Gasteiger partial charge in [-0.3, -0.25) is 9.67 Å². The zero-order valence-electron chi connectivity index (χ0n) is 11.0. The van der Waals surface area contributed by atoms with Gasteiger partial charge in [0, 0.05) is 31.7 Å². The van der Waals surface area contributed by atoms with E-state index in [1.54, 1.807) is 0 Å². The van der Waals surface area contributed by atoms with Gasteiger partial charge < -0.3 is 5.32 Å². The van der Waals surface area contributed by atoms with Crippen LogP contribution in [-0.4, -0.2) is 26.5 Å². The molecule has 2 aromatic rings. The summed E-state index contributed by atoms with van der Waals surface area (Å²) in [6.07, 6.45) is 9.40. The molecule has 1 aliphatic rings. The van der Waals surface area contributed by atoms with Crippen molar-refractivity contribution in [3.8, 4) is 0 Å². The average Bonchev–Trinajstić information content (AvgIpc) is 3.16. The first-order valence-electron chi connectivity index (χ1n) is 6.89. The third-order valence-electron chi connectivity index (χ3n) is 3.40. The predicted octanol–water partition coefficient (Wildman–Crippen LogP) is 1.42. The molecule has 1 aliphatic carbocycles. The molecule has 5 heteroatoms. The fraction of sp³-hybridized carbons (Fsp3) is 0.500. The molecule has 19 heavy (non-hydrogen) atoms. The Balaban J connectivity index is 1.44. The van der Waals surface area contributed by atoms with E-state index >= 15 is 0 Å². The lowest BCUT2D eigenvalue weighted by atomic mass is 10.2. The predicted molar refractivity (Wildman–Crippen MR) is 72.4 cm³/mol. The van der Waals surface area contributed by atoms with E-state index in [0.717, 1.165) is 37.7 Å². The molecular formula is C14H19N5. The highest BCUT2D eigenvalue weighted by atomic mass is 15.4. The summed E-state index contributed by atoms with van der Waals surface area (Å²) in [4.78, 5) is 4.01. The van der Waals surface area contributed by atoms with Crippen LogP contribution in [0.2, 0.25) is 0 Å². The van der Waals surface area contributed by atoms with E-state index in [4.69, 9.17) is 0 Å². The lowest BCUT2D eigenvalue weighted by Gasteiger charge is -2.00. The number of aryl methyl sites for hydroxylation is 2. The number of rotatable bonds is 7. The second-order valence-corrected chi connectivity index (χ2v) is 5.15. The molecule has 2 aromatic heterocycles.